The Labute approximate surface area is 114 Å². The number of carbonyl (C=O) groups is 1. The molecule has 2 aliphatic rings. The van der Waals surface area contributed by atoms with E-state index in [0.29, 0.717) is 26.1 Å². The smallest absolute Gasteiger partial charge is 0.268 e. The summed E-state index contributed by atoms with van der Waals surface area (Å²) in [5.74, 6) is -0.0537. The first kappa shape index (κ1) is 13.1. The van der Waals surface area contributed by atoms with Gasteiger partial charge in [0.25, 0.3) is 5.91 Å². The van der Waals surface area contributed by atoms with E-state index in [1.165, 1.54) is 0 Å². The molecule has 1 spiro atoms. The summed E-state index contributed by atoms with van der Waals surface area (Å²) in [7, 11) is 1.64. The second kappa shape index (κ2) is 5.11. The summed E-state index contributed by atoms with van der Waals surface area (Å²) in [5, 5.41) is 2.84. The molecule has 0 saturated heterocycles. The Morgan fingerprint density at radius 2 is 2.24 bits per heavy atom. The monoisotopic (exact) mass is 353 g/mol. The van der Waals surface area contributed by atoms with E-state index in [1.54, 1.807) is 7.11 Å². The number of rotatable bonds is 4. The van der Waals surface area contributed by atoms with Crippen molar-refractivity contribution < 1.29 is 19.0 Å². The Balaban J connectivity index is 1.86. The minimum Gasteiger partial charge on any atom is -0.469 e. The lowest BCUT2D eigenvalue weighted by molar-refractivity contribution is -0.177. The number of amides is 1. The molecule has 1 saturated carbocycles. The lowest BCUT2D eigenvalue weighted by Gasteiger charge is -2.47. The number of carbonyl (C=O) groups excluding carboxylic acids is 1. The van der Waals surface area contributed by atoms with E-state index < -0.39 is 5.60 Å². The lowest BCUT2D eigenvalue weighted by atomic mass is 9.76. The van der Waals surface area contributed by atoms with Gasteiger partial charge in [-0.15, -0.1) is 0 Å². The van der Waals surface area contributed by atoms with Crippen molar-refractivity contribution in [3.05, 3.63) is 9.46 Å². The molecule has 1 heterocycles. The third-order valence-corrected chi connectivity index (χ3v) is 4.08. The predicted octanol–water partition coefficient (Wildman–Crippen LogP) is 1.32. The normalized spacial score (nSPS) is 32.2. The van der Waals surface area contributed by atoms with Gasteiger partial charge in [-0.2, -0.15) is 0 Å². The van der Waals surface area contributed by atoms with Crippen LogP contribution in [0.2, 0.25) is 0 Å². The Kier molecular flexibility index (Phi) is 3.94. The fourth-order valence-electron chi connectivity index (χ4n) is 1.99. The summed E-state index contributed by atoms with van der Waals surface area (Å²) in [4.78, 5) is 11.9. The molecule has 0 atom stereocenters. The van der Waals surface area contributed by atoms with Crippen LogP contribution >= 0.6 is 22.6 Å². The summed E-state index contributed by atoms with van der Waals surface area (Å²) in [6, 6.07) is 0. The van der Waals surface area contributed by atoms with Crippen LogP contribution in [0.1, 0.15) is 19.8 Å². The van der Waals surface area contributed by atoms with Gasteiger partial charge < -0.3 is 19.5 Å². The molecule has 96 valence electrons. The number of nitrogens with one attached hydrogen (secondary N) is 1. The Morgan fingerprint density at radius 1 is 1.53 bits per heavy atom. The van der Waals surface area contributed by atoms with Gasteiger partial charge in [0.2, 0.25) is 0 Å². The fraction of sp³-hybridized carbons (Fsp3) is 0.727. The molecular weight excluding hydrogens is 337 g/mol. The zero-order valence-corrected chi connectivity index (χ0v) is 12.1. The van der Waals surface area contributed by atoms with E-state index >= 15 is 0 Å². The second-order valence-corrected chi connectivity index (χ2v) is 5.32. The van der Waals surface area contributed by atoms with E-state index in [-0.39, 0.29) is 12.0 Å². The highest BCUT2D eigenvalue weighted by Crippen LogP contribution is 2.43. The molecule has 1 fully saturated rings. The van der Waals surface area contributed by atoms with Crippen molar-refractivity contribution in [1.29, 1.82) is 0 Å². The van der Waals surface area contributed by atoms with Crippen molar-refractivity contribution >= 4 is 28.5 Å². The maximum absolute atomic E-state index is 11.9. The summed E-state index contributed by atoms with van der Waals surface area (Å²) < 4.78 is 16.9. The number of ether oxygens (including phenoxy) is 3. The van der Waals surface area contributed by atoms with Crippen LogP contribution in [0.3, 0.4) is 0 Å². The van der Waals surface area contributed by atoms with Gasteiger partial charge in [0.05, 0.1) is 25.0 Å². The van der Waals surface area contributed by atoms with Crippen molar-refractivity contribution in [2.24, 2.45) is 0 Å². The SMILES string of the molecule is COCCOC1CC2(C1)OC(I)=C(C)NC2=O. The summed E-state index contributed by atoms with van der Waals surface area (Å²) in [5.41, 5.74) is 0.0818. The van der Waals surface area contributed by atoms with E-state index in [2.05, 4.69) is 27.9 Å². The van der Waals surface area contributed by atoms with E-state index in [9.17, 15) is 4.79 Å². The van der Waals surface area contributed by atoms with Gasteiger partial charge in [-0.3, -0.25) is 4.79 Å². The molecular formula is C11H16INO4. The van der Waals surface area contributed by atoms with Gasteiger partial charge in [-0.1, -0.05) is 0 Å². The van der Waals surface area contributed by atoms with E-state index in [4.69, 9.17) is 14.2 Å². The van der Waals surface area contributed by atoms with Gasteiger partial charge in [-0.05, 0) is 6.92 Å². The number of methoxy groups -OCH3 is 1. The molecule has 1 aliphatic heterocycles. The number of allylic oxidation sites excluding steroid dienone is 1. The molecule has 0 radical (unpaired) electrons. The molecule has 5 nitrogen and oxygen atoms in total. The Morgan fingerprint density at radius 3 is 2.88 bits per heavy atom. The van der Waals surface area contributed by atoms with Crippen molar-refractivity contribution in [2.45, 2.75) is 31.5 Å². The largest absolute Gasteiger partial charge is 0.469 e. The van der Waals surface area contributed by atoms with Crippen LogP contribution in [0, 0.1) is 0 Å². The minimum atomic E-state index is -0.701. The molecule has 1 N–H and O–H groups in total. The average Bonchev–Trinajstić information content (AvgIpc) is 2.23. The topological polar surface area (TPSA) is 56.8 Å². The summed E-state index contributed by atoms with van der Waals surface area (Å²) in [6.45, 7) is 2.97. The lowest BCUT2D eigenvalue weighted by Crippen LogP contribution is -2.61. The van der Waals surface area contributed by atoms with Gasteiger partial charge in [0.1, 0.15) is 0 Å². The minimum absolute atomic E-state index is 0.0537. The Hall–Kier alpha value is -0.340. The molecule has 0 bridgehead atoms. The van der Waals surface area contributed by atoms with Gasteiger partial charge in [0, 0.05) is 42.5 Å². The molecule has 0 aromatic carbocycles. The molecule has 0 aromatic rings. The maximum Gasteiger partial charge on any atom is 0.268 e. The van der Waals surface area contributed by atoms with Crippen molar-refractivity contribution in [1.82, 2.24) is 5.32 Å². The Bertz CT molecular complexity index is 349. The van der Waals surface area contributed by atoms with Gasteiger partial charge in [0.15, 0.2) is 9.37 Å². The van der Waals surface area contributed by atoms with Crippen LogP contribution in [0.15, 0.2) is 9.46 Å². The average molecular weight is 353 g/mol. The first-order valence-corrected chi connectivity index (χ1v) is 6.63. The predicted molar refractivity (Wildman–Crippen MR) is 69.5 cm³/mol. The van der Waals surface area contributed by atoms with Crippen LogP contribution in [-0.4, -0.2) is 37.9 Å². The molecule has 1 aliphatic carbocycles. The third kappa shape index (κ3) is 2.58. The first-order chi connectivity index (χ1) is 8.07. The molecule has 6 heteroatoms. The quantitative estimate of drug-likeness (QED) is 0.612. The van der Waals surface area contributed by atoms with Gasteiger partial charge in [-0.25, -0.2) is 0 Å². The zero-order chi connectivity index (χ0) is 12.5. The fourth-order valence-corrected chi connectivity index (χ4v) is 2.54. The van der Waals surface area contributed by atoms with E-state index in [0.717, 1.165) is 9.46 Å². The van der Waals surface area contributed by atoms with E-state index in [1.807, 2.05) is 6.92 Å². The highest BCUT2D eigenvalue weighted by molar-refractivity contribution is 14.1. The summed E-state index contributed by atoms with van der Waals surface area (Å²) >= 11 is 2.10. The number of halogens is 1. The van der Waals surface area contributed by atoms with Crippen LogP contribution in [0.5, 0.6) is 0 Å². The molecule has 17 heavy (non-hydrogen) atoms. The second-order valence-electron chi connectivity index (χ2n) is 4.34. The number of hydrogen-bond acceptors (Lipinski definition) is 4. The molecule has 1 amide bonds. The standard InChI is InChI=1S/C11H16INO4/c1-7-9(12)17-11(10(14)13-7)5-8(6-11)16-4-3-15-2/h8H,3-6H2,1-2H3,(H,13,14). The zero-order valence-electron chi connectivity index (χ0n) is 9.92. The van der Waals surface area contributed by atoms with Crippen molar-refractivity contribution in [3.63, 3.8) is 0 Å². The molecule has 0 aromatic heterocycles. The van der Waals surface area contributed by atoms with Gasteiger partial charge >= 0.3 is 0 Å². The molecule has 2 rings (SSSR count). The van der Waals surface area contributed by atoms with Crippen LogP contribution in [0.25, 0.3) is 0 Å². The summed E-state index contributed by atoms with van der Waals surface area (Å²) in [6.07, 6.45) is 1.32. The van der Waals surface area contributed by atoms with Crippen molar-refractivity contribution in [3.8, 4) is 0 Å². The number of hydrogen-bond donors (Lipinski definition) is 1. The van der Waals surface area contributed by atoms with Crippen LogP contribution in [-0.2, 0) is 19.0 Å². The highest BCUT2D eigenvalue weighted by atomic mass is 127. The third-order valence-electron chi connectivity index (χ3n) is 3.05. The first-order valence-electron chi connectivity index (χ1n) is 5.55. The maximum atomic E-state index is 11.9. The van der Waals surface area contributed by atoms with Crippen LogP contribution < -0.4 is 5.32 Å². The molecule has 0 unspecified atom stereocenters. The van der Waals surface area contributed by atoms with Crippen LogP contribution in [0.4, 0.5) is 0 Å². The highest BCUT2D eigenvalue weighted by Gasteiger charge is 2.55. The van der Waals surface area contributed by atoms with Crippen molar-refractivity contribution in [2.75, 3.05) is 20.3 Å².